The van der Waals surface area contributed by atoms with Crippen molar-refractivity contribution in [1.82, 2.24) is 4.98 Å². The lowest BCUT2D eigenvalue weighted by molar-refractivity contribution is 0.107. The minimum atomic E-state index is -0.00785. The Morgan fingerprint density at radius 2 is 1.24 bits per heavy atom. The van der Waals surface area contributed by atoms with E-state index in [9.17, 15) is 5.11 Å². The average Bonchev–Trinajstić information content (AvgIpc) is 3.40. The number of thiazole rings is 1. The van der Waals surface area contributed by atoms with E-state index < -0.39 is 0 Å². The molecule has 0 unspecified atom stereocenters. The van der Waals surface area contributed by atoms with Crippen molar-refractivity contribution in [3.63, 3.8) is 0 Å². The van der Waals surface area contributed by atoms with Gasteiger partial charge in [-0.2, -0.15) is 0 Å². The third-order valence-corrected chi connectivity index (χ3v) is 7.42. The molecular weight excluding hydrogens is 532 g/mol. The molecular formula is C34H36N2O4S. The van der Waals surface area contributed by atoms with Gasteiger partial charge in [0, 0.05) is 35.8 Å². The number of methoxy groups -OCH3 is 2. The standard InChI is InChI=1S/C20H22N2O3S.C14H14O/c1-12-18(13-6-8-15(9-7-13)22(2)3)21-20(26-12)14-10-16(24-4)19(23)17(11-14)25-5;1-3-7-13(8-4-1)11-15-12-14-9-5-2-6-10-14/h6-11,23H,1-5H3;1-10H,11-12H2. The lowest BCUT2D eigenvalue weighted by Gasteiger charge is -2.12. The highest BCUT2D eigenvalue weighted by molar-refractivity contribution is 7.15. The molecule has 6 nitrogen and oxygen atoms in total. The quantitative estimate of drug-likeness (QED) is 0.195. The van der Waals surface area contributed by atoms with Crippen LogP contribution in [0.3, 0.4) is 0 Å². The zero-order chi connectivity index (χ0) is 29.2. The first-order valence-electron chi connectivity index (χ1n) is 13.3. The molecule has 0 aliphatic rings. The van der Waals surface area contributed by atoms with E-state index in [0.717, 1.165) is 32.4 Å². The van der Waals surface area contributed by atoms with Crippen LogP contribution in [0.4, 0.5) is 5.69 Å². The van der Waals surface area contributed by atoms with Gasteiger partial charge in [-0.1, -0.05) is 72.8 Å². The molecule has 7 heteroatoms. The number of nitrogens with zero attached hydrogens (tertiary/aromatic N) is 2. The Morgan fingerprint density at radius 3 is 1.71 bits per heavy atom. The molecule has 4 aromatic carbocycles. The fourth-order valence-electron chi connectivity index (χ4n) is 4.16. The number of aryl methyl sites for hydroxylation is 1. The van der Waals surface area contributed by atoms with Crippen LogP contribution in [0.25, 0.3) is 21.8 Å². The number of rotatable bonds is 9. The molecule has 0 fully saturated rings. The molecule has 0 aliphatic carbocycles. The molecule has 41 heavy (non-hydrogen) atoms. The van der Waals surface area contributed by atoms with Crippen molar-refractivity contribution >= 4 is 17.0 Å². The number of aromatic nitrogens is 1. The summed E-state index contributed by atoms with van der Waals surface area (Å²) in [7, 11) is 7.08. The second-order valence-corrected chi connectivity index (χ2v) is 10.8. The zero-order valence-electron chi connectivity index (χ0n) is 24.1. The van der Waals surface area contributed by atoms with E-state index in [1.165, 1.54) is 25.3 Å². The SMILES string of the molecule is COc1cc(-c2nc(-c3ccc(N(C)C)cc3)c(C)s2)cc(OC)c1O.c1ccc(COCc2ccccc2)cc1. The topological polar surface area (TPSA) is 64.1 Å². The summed E-state index contributed by atoms with van der Waals surface area (Å²) in [6, 6.07) is 32.3. The lowest BCUT2D eigenvalue weighted by Crippen LogP contribution is -2.07. The van der Waals surface area contributed by atoms with Crippen molar-refractivity contribution in [3.05, 3.63) is 113 Å². The highest BCUT2D eigenvalue weighted by Crippen LogP contribution is 2.42. The molecule has 1 N–H and O–H groups in total. The smallest absolute Gasteiger partial charge is 0.200 e. The van der Waals surface area contributed by atoms with Crippen molar-refractivity contribution in [1.29, 1.82) is 0 Å². The maximum absolute atomic E-state index is 10.1. The Bertz CT molecular complexity index is 1450. The summed E-state index contributed by atoms with van der Waals surface area (Å²) in [5.41, 5.74) is 6.46. The lowest BCUT2D eigenvalue weighted by atomic mass is 10.1. The minimum Gasteiger partial charge on any atom is -0.502 e. The number of hydrogen-bond acceptors (Lipinski definition) is 7. The predicted molar refractivity (Wildman–Crippen MR) is 168 cm³/mol. The third-order valence-electron chi connectivity index (χ3n) is 6.40. The fraction of sp³-hybridized carbons (Fsp3) is 0.206. The normalized spacial score (nSPS) is 10.5. The average molecular weight is 569 g/mol. The van der Waals surface area contributed by atoms with Gasteiger partial charge in [0.15, 0.2) is 11.5 Å². The Labute approximate surface area is 246 Å². The molecule has 0 spiro atoms. The first kappa shape index (κ1) is 29.6. The van der Waals surface area contributed by atoms with Gasteiger partial charge in [0.2, 0.25) is 5.75 Å². The first-order chi connectivity index (χ1) is 19.9. The number of hydrogen-bond donors (Lipinski definition) is 1. The predicted octanol–water partition coefficient (Wildman–Crippen LogP) is 7.98. The summed E-state index contributed by atoms with van der Waals surface area (Å²) in [5, 5.41) is 11.0. The molecule has 212 valence electrons. The van der Waals surface area contributed by atoms with Crippen molar-refractivity contribution in [2.45, 2.75) is 20.1 Å². The van der Waals surface area contributed by atoms with Crippen molar-refractivity contribution in [2.24, 2.45) is 0 Å². The van der Waals surface area contributed by atoms with E-state index in [-0.39, 0.29) is 5.75 Å². The molecule has 5 rings (SSSR count). The van der Waals surface area contributed by atoms with E-state index in [0.29, 0.717) is 24.7 Å². The number of phenols is 1. The highest BCUT2D eigenvalue weighted by atomic mass is 32.1. The van der Waals surface area contributed by atoms with Crippen LogP contribution in [-0.2, 0) is 18.0 Å². The molecule has 0 saturated carbocycles. The second kappa shape index (κ2) is 14.3. The van der Waals surface area contributed by atoms with Crippen LogP contribution in [0.1, 0.15) is 16.0 Å². The van der Waals surface area contributed by atoms with Gasteiger partial charge >= 0.3 is 0 Å². The van der Waals surface area contributed by atoms with Gasteiger partial charge in [-0.05, 0) is 42.3 Å². The van der Waals surface area contributed by atoms with Crippen LogP contribution >= 0.6 is 11.3 Å². The number of phenolic OH excluding ortho intramolecular Hbond substituents is 1. The summed E-state index contributed by atoms with van der Waals surface area (Å²) in [4.78, 5) is 8.01. The number of benzene rings is 4. The van der Waals surface area contributed by atoms with Crippen LogP contribution in [0, 0.1) is 6.92 Å². The fourth-order valence-corrected chi connectivity index (χ4v) is 5.08. The summed E-state index contributed by atoms with van der Waals surface area (Å²) in [6.07, 6.45) is 0. The largest absolute Gasteiger partial charge is 0.502 e. The van der Waals surface area contributed by atoms with Gasteiger partial charge < -0.3 is 24.2 Å². The van der Waals surface area contributed by atoms with Crippen molar-refractivity contribution in [3.8, 4) is 39.1 Å². The van der Waals surface area contributed by atoms with Crippen LogP contribution in [0.15, 0.2) is 97.1 Å². The van der Waals surface area contributed by atoms with Crippen molar-refractivity contribution < 1.29 is 19.3 Å². The van der Waals surface area contributed by atoms with Gasteiger partial charge in [-0.3, -0.25) is 0 Å². The Hall–Kier alpha value is -4.33. The van der Waals surface area contributed by atoms with Crippen LogP contribution in [0.5, 0.6) is 17.2 Å². The number of ether oxygens (including phenoxy) is 3. The molecule has 0 aliphatic heterocycles. The second-order valence-electron chi connectivity index (χ2n) is 9.56. The van der Waals surface area contributed by atoms with E-state index in [2.05, 4.69) is 60.4 Å². The van der Waals surface area contributed by atoms with Gasteiger partial charge in [-0.15, -0.1) is 11.3 Å². The van der Waals surface area contributed by atoms with E-state index >= 15 is 0 Å². The maximum Gasteiger partial charge on any atom is 0.200 e. The maximum atomic E-state index is 10.1. The van der Waals surface area contributed by atoms with Crippen LogP contribution in [0.2, 0.25) is 0 Å². The number of anilines is 1. The van der Waals surface area contributed by atoms with Gasteiger partial charge in [-0.25, -0.2) is 4.98 Å². The Morgan fingerprint density at radius 1 is 0.732 bits per heavy atom. The highest BCUT2D eigenvalue weighted by Gasteiger charge is 2.17. The summed E-state index contributed by atoms with van der Waals surface area (Å²) in [6.45, 7) is 3.41. The van der Waals surface area contributed by atoms with Gasteiger partial charge in [0.25, 0.3) is 0 Å². The molecule has 0 saturated heterocycles. The molecule has 1 heterocycles. The molecule has 0 bridgehead atoms. The summed E-state index contributed by atoms with van der Waals surface area (Å²) < 4.78 is 16.1. The first-order valence-corrected chi connectivity index (χ1v) is 14.1. The molecule has 0 amide bonds. The summed E-state index contributed by atoms with van der Waals surface area (Å²) in [5.74, 6) is 0.722. The Kier molecular flexibility index (Phi) is 10.4. The minimum absolute atomic E-state index is 0.00785. The molecule has 0 atom stereocenters. The van der Waals surface area contributed by atoms with Gasteiger partial charge in [0.05, 0.1) is 33.1 Å². The van der Waals surface area contributed by atoms with E-state index in [1.54, 1.807) is 23.5 Å². The number of aromatic hydroxyl groups is 1. The zero-order valence-corrected chi connectivity index (χ0v) is 24.9. The Balaban J connectivity index is 0.000000218. The van der Waals surface area contributed by atoms with E-state index in [4.69, 9.17) is 19.2 Å². The van der Waals surface area contributed by atoms with Crippen molar-refractivity contribution in [2.75, 3.05) is 33.2 Å². The summed E-state index contributed by atoms with van der Waals surface area (Å²) >= 11 is 1.60. The van der Waals surface area contributed by atoms with Crippen LogP contribution < -0.4 is 14.4 Å². The van der Waals surface area contributed by atoms with Gasteiger partial charge in [0.1, 0.15) is 5.01 Å². The molecule has 5 aromatic rings. The van der Waals surface area contributed by atoms with E-state index in [1.807, 2.05) is 50.5 Å². The molecule has 0 radical (unpaired) electrons. The third kappa shape index (κ3) is 7.87. The monoisotopic (exact) mass is 568 g/mol. The van der Waals surface area contributed by atoms with Crippen LogP contribution in [-0.4, -0.2) is 38.4 Å². The molecule has 1 aromatic heterocycles.